The summed E-state index contributed by atoms with van der Waals surface area (Å²) in [6.07, 6.45) is 0. The van der Waals surface area contributed by atoms with Crippen molar-refractivity contribution < 1.29 is 9.53 Å². The predicted octanol–water partition coefficient (Wildman–Crippen LogP) is 4.52. The highest BCUT2D eigenvalue weighted by molar-refractivity contribution is 6.33. The van der Waals surface area contributed by atoms with Crippen molar-refractivity contribution in [2.75, 3.05) is 38.2 Å². The lowest BCUT2D eigenvalue weighted by molar-refractivity contribution is 0.0746. The summed E-state index contributed by atoms with van der Waals surface area (Å²) in [6, 6.07) is 15.5. The van der Waals surface area contributed by atoms with Gasteiger partial charge in [0, 0.05) is 43.0 Å². The second-order valence-corrected chi connectivity index (χ2v) is 8.25. The molecule has 0 atom stereocenters. The highest BCUT2D eigenvalue weighted by atomic mass is 35.5. The van der Waals surface area contributed by atoms with E-state index in [4.69, 9.17) is 27.9 Å². The molecular formula is C23H24Cl2N4O2. The SMILES string of the molecule is COc1cccc(N2CCN(C(=O)c3c(C)nn(Cc4ccccc4Cl)c3Cl)CC2)c1. The van der Waals surface area contributed by atoms with Crippen LogP contribution in [0.5, 0.6) is 5.75 Å². The van der Waals surface area contributed by atoms with Gasteiger partial charge < -0.3 is 14.5 Å². The van der Waals surface area contributed by atoms with Crippen LogP contribution in [0, 0.1) is 6.92 Å². The summed E-state index contributed by atoms with van der Waals surface area (Å²) in [5, 5.41) is 5.49. The summed E-state index contributed by atoms with van der Waals surface area (Å²) < 4.78 is 6.95. The van der Waals surface area contributed by atoms with Gasteiger partial charge in [0.2, 0.25) is 0 Å². The van der Waals surface area contributed by atoms with Gasteiger partial charge in [0.05, 0.1) is 24.9 Å². The largest absolute Gasteiger partial charge is 0.497 e. The minimum absolute atomic E-state index is 0.0850. The predicted molar refractivity (Wildman–Crippen MR) is 124 cm³/mol. The number of ether oxygens (including phenoxy) is 1. The van der Waals surface area contributed by atoms with Crippen molar-refractivity contribution in [2.24, 2.45) is 0 Å². The summed E-state index contributed by atoms with van der Waals surface area (Å²) >= 11 is 12.9. The van der Waals surface area contributed by atoms with Crippen LogP contribution in [0.25, 0.3) is 0 Å². The number of rotatable bonds is 5. The third kappa shape index (κ3) is 4.50. The number of anilines is 1. The molecule has 1 saturated heterocycles. The van der Waals surface area contributed by atoms with Crippen molar-refractivity contribution in [1.29, 1.82) is 0 Å². The number of hydrogen-bond donors (Lipinski definition) is 0. The fourth-order valence-corrected chi connectivity index (χ4v) is 4.33. The summed E-state index contributed by atoms with van der Waals surface area (Å²) in [5.41, 5.74) is 3.08. The van der Waals surface area contributed by atoms with Gasteiger partial charge in [0.1, 0.15) is 10.9 Å². The van der Waals surface area contributed by atoms with E-state index in [1.807, 2.05) is 54.3 Å². The van der Waals surface area contributed by atoms with E-state index in [-0.39, 0.29) is 5.91 Å². The van der Waals surface area contributed by atoms with Crippen LogP contribution in [0.2, 0.25) is 10.2 Å². The number of amides is 1. The number of aromatic nitrogens is 2. The highest BCUT2D eigenvalue weighted by Crippen LogP contribution is 2.26. The normalized spacial score (nSPS) is 14.1. The Morgan fingerprint density at radius 2 is 1.81 bits per heavy atom. The Labute approximate surface area is 191 Å². The molecule has 4 rings (SSSR count). The molecule has 1 fully saturated rings. The van der Waals surface area contributed by atoms with Crippen molar-refractivity contribution in [3.63, 3.8) is 0 Å². The number of aryl methyl sites for hydroxylation is 1. The molecule has 0 spiro atoms. The van der Waals surface area contributed by atoms with Crippen LogP contribution >= 0.6 is 23.2 Å². The van der Waals surface area contributed by atoms with Gasteiger partial charge in [-0.3, -0.25) is 4.79 Å². The summed E-state index contributed by atoms with van der Waals surface area (Å²) in [7, 11) is 1.66. The zero-order valence-electron chi connectivity index (χ0n) is 17.5. The maximum Gasteiger partial charge on any atom is 0.259 e. The number of carbonyl (C=O) groups excluding carboxylic acids is 1. The van der Waals surface area contributed by atoms with Gasteiger partial charge in [-0.2, -0.15) is 5.10 Å². The van der Waals surface area contributed by atoms with E-state index in [0.717, 1.165) is 30.1 Å². The molecule has 0 aliphatic carbocycles. The summed E-state index contributed by atoms with van der Waals surface area (Å²) in [6.45, 7) is 4.93. The fraction of sp³-hybridized carbons (Fsp3) is 0.304. The number of halogens is 2. The van der Waals surface area contributed by atoms with E-state index in [2.05, 4.69) is 16.1 Å². The van der Waals surface area contributed by atoms with Gasteiger partial charge in [0.25, 0.3) is 5.91 Å². The van der Waals surface area contributed by atoms with Gasteiger partial charge in [-0.15, -0.1) is 0 Å². The van der Waals surface area contributed by atoms with Crippen molar-refractivity contribution in [2.45, 2.75) is 13.5 Å². The monoisotopic (exact) mass is 458 g/mol. The Kier molecular flexibility index (Phi) is 6.39. The average Bonchev–Trinajstić information content (AvgIpc) is 3.07. The lowest BCUT2D eigenvalue weighted by atomic mass is 10.2. The number of carbonyl (C=O) groups is 1. The van der Waals surface area contributed by atoms with E-state index in [1.165, 1.54) is 0 Å². The Morgan fingerprint density at radius 1 is 1.06 bits per heavy atom. The Balaban J connectivity index is 1.46. The van der Waals surface area contributed by atoms with Gasteiger partial charge >= 0.3 is 0 Å². The zero-order valence-corrected chi connectivity index (χ0v) is 19.0. The molecule has 1 amide bonds. The molecule has 0 radical (unpaired) electrons. The molecule has 2 heterocycles. The molecule has 1 aliphatic rings. The highest BCUT2D eigenvalue weighted by Gasteiger charge is 2.28. The van der Waals surface area contributed by atoms with Crippen molar-refractivity contribution in [3.8, 4) is 5.75 Å². The maximum absolute atomic E-state index is 13.2. The molecule has 6 nitrogen and oxygen atoms in total. The molecule has 2 aromatic carbocycles. The molecule has 0 bridgehead atoms. The van der Waals surface area contributed by atoms with Crippen LogP contribution < -0.4 is 9.64 Å². The fourth-order valence-electron chi connectivity index (χ4n) is 3.82. The van der Waals surface area contributed by atoms with Gasteiger partial charge in [-0.25, -0.2) is 4.68 Å². The molecule has 162 valence electrons. The third-order valence-corrected chi connectivity index (χ3v) is 6.30. The minimum atomic E-state index is -0.0850. The smallest absolute Gasteiger partial charge is 0.259 e. The van der Waals surface area contributed by atoms with Crippen LogP contribution in [0.15, 0.2) is 48.5 Å². The van der Waals surface area contributed by atoms with Crippen LogP contribution in [0.4, 0.5) is 5.69 Å². The maximum atomic E-state index is 13.2. The van der Waals surface area contributed by atoms with Gasteiger partial charge in [0.15, 0.2) is 0 Å². The first-order valence-electron chi connectivity index (χ1n) is 10.1. The first-order valence-corrected chi connectivity index (χ1v) is 10.9. The molecule has 3 aromatic rings. The Hall–Kier alpha value is -2.70. The Bertz CT molecular complexity index is 1090. The number of hydrogen-bond acceptors (Lipinski definition) is 4. The number of benzene rings is 2. The molecule has 1 aliphatic heterocycles. The van der Waals surface area contributed by atoms with E-state index < -0.39 is 0 Å². The average molecular weight is 459 g/mol. The minimum Gasteiger partial charge on any atom is -0.497 e. The first-order chi connectivity index (χ1) is 15.0. The molecule has 31 heavy (non-hydrogen) atoms. The van der Waals surface area contributed by atoms with Gasteiger partial charge in [-0.05, 0) is 30.7 Å². The number of methoxy groups -OCH3 is 1. The second-order valence-electron chi connectivity index (χ2n) is 7.48. The number of piperazine rings is 1. The molecule has 1 aromatic heterocycles. The standard InChI is InChI=1S/C23H24Cl2N4O2/c1-16-21(22(25)29(26-16)15-17-6-3-4-9-20(17)24)23(30)28-12-10-27(11-13-28)18-7-5-8-19(14-18)31-2/h3-9,14H,10-13,15H2,1-2H3. The molecule has 0 unspecified atom stereocenters. The van der Waals surface area contributed by atoms with Crippen molar-refractivity contribution >= 4 is 34.8 Å². The van der Waals surface area contributed by atoms with Crippen molar-refractivity contribution in [1.82, 2.24) is 14.7 Å². The van der Waals surface area contributed by atoms with Gasteiger partial charge in [-0.1, -0.05) is 47.5 Å². The summed E-state index contributed by atoms with van der Waals surface area (Å²) in [4.78, 5) is 17.3. The molecule has 8 heteroatoms. The van der Waals surface area contributed by atoms with E-state index in [1.54, 1.807) is 11.8 Å². The zero-order chi connectivity index (χ0) is 22.0. The van der Waals surface area contributed by atoms with E-state index in [0.29, 0.717) is 41.1 Å². The van der Waals surface area contributed by atoms with E-state index in [9.17, 15) is 4.79 Å². The molecular weight excluding hydrogens is 435 g/mol. The van der Waals surface area contributed by atoms with Crippen LogP contribution in [-0.2, 0) is 6.54 Å². The van der Waals surface area contributed by atoms with E-state index >= 15 is 0 Å². The molecule has 0 N–H and O–H groups in total. The number of nitrogens with zero attached hydrogens (tertiary/aromatic N) is 4. The quantitative estimate of drug-likeness (QED) is 0.563. The topological polar surface area (TPSA) is 50.6 Å². The molecule has 0 saturated carbocycles. The lowest BCUT2D eigenvalue weighted by Crippen LogP contribution is -2.49. The lowest BCUT2D eigenvalue weighted by Gasteiger charge is -2.36. The van der Waals surface area contributed by atoms with Crippen molar-refractivity contribution in [3.05, 3.63) is 75.5 Å². The summed E-state index contributed by atoms with van der Waals surface area (Å²) in [5.74, 6) is 0.738. The van der Waals surface area contributed by atoms with Crippen LogP contribution in [-0.4, -0.2) is 53.9 Å². The van der Waals surface area contributed by atoms with Crippen LogP contribution in [0.3, 0.4) is 0 Å². The third-order valence-electron chi connectivity index (χ3n) is 5.54. The van der Waals surface area contributed by atoms with Crippen LogP contribution in [0.1, 0.15) is 21.6 Å². The second kappa shape index (κ2) is 9.20. The first kappa shape index (κ1) is 21.5. The Morgan fingerprint density at radius 3 is 2.52 bits per heavy atom.